The summed E-state index contributed by atoms with van der Waals surface area (Å²) in [5, 5.41) is 0. The molecule has 0 aliphatic carbocycles. The van der Waals surface area contributed by atoms with E-state index in [0.29, 0.717) is 48.8 Å². The van der Waals surface area contributed by atoms with Gasteiger partial charge in [-0.15, -0.1) is 0 Å². The van der Waals surface area contributed by atoms with Crippen LogP contribution in [0.4, 0.5) is 4.79 Å². The largest absolute Gasteiger partial charge is 0.457 e. The Morgan fingerprint density at radius 2 is 1.62 bits per heavy atom. The highest BCUT2D eigenvalue weighted by molar-refractivity contribution is 5.96. The summed E-state index contributed by atoms with van der Waals surface area (Å²) < 4.78 is 17.1. The van der Waals surface area contributed by atoms with Crippen LogP contribution < -0.4 is 10.5 Å². The summed E-state index contributed by atoms with van der Waals surface area (Å²) >= 11 is 0. The second kappa shape index (κ2) is 9.59. The molecule has 0 bridgehead atoms. The first kappa shape index (κ1) is 23.4. The van der Waals surface area contributed by atoms with Crippen molar-refractivity contribution in [2.24, 2.45) is 5.73 Å². The first-order valence-corrected chi connectivity index (χ1v) is 11.3. The molecule has 2 N–H and O–H groups in total. The minimum absolute atomic E-state index is 0.0220. The van der Waals surface area contributed by atoms with Crippen LogP contribution in [0.25, 0.3) is 11.3 Å². The Balaban J connectivity index is 1.47. The number of hydrogen-bond donors (Lipinski definition) is 1. The smallest absolute Gasteiger partial charge is 0.410 e. The molecule has 0 unspecified atom stereocenters. The molecule has 2 aromatic carbocycles. The molecule has 3 aromatic rings. The first-order valence-electron chi connectivity index (χ1n) is 11.3. The summed E-state index contributed by atoms with van der Waals surface area (Å²) in [4.78, 5) is 30.7. The zero-order chi connectivity index (χ0) is 24.3. The van der Waals surface area contributed by atoms with Crippen molar-refractivity contribution in [2.75, 3.05) is 13.1 Å². The monoisotopic (exact) mass is 463 g/mol. The highest BCUT2D eigenvalue weighted by Gasteiger charge is 2.31. The van der Waals surface area contributed by atoms with E-state index in [-0.39, 0.29) is 17.8 Å². The highest BCUT2D eigenvalue weighted by Crippen LogP contribution is 2.33. The highest BCUT2D eigenvalue weighted by atomic mass is 16.6. The van der Waals surface area contributed by atoms with Crippen molar-refractivity contribution >= 4 is 12.0 Å². The number of oxazole rings is 1. The van der Waals surface area contributed by atoms with Gasteiger partial charge in [0.2, 0.25) is 5.76 Å². The third-order valence-electron chi connectivity index (χ3n) is 5.47. The van der Waals surface area contributed by atoms with Gasteiger partial charge in [0.25, 0.3) is 5.91 Å². The number of carbonyl (C=O) groups is 2. The summed E-state index contributed by atoms with van der Waals surface area (Å²) in [5.74, 6) is 1.18. The molecule has 8 heteroatoms. The van der Waals surface area contributed by atoms with Crippen LogP contribution in [-0.4, -0.2) is 40.6 Å². The van der Waals surface area contributed by atoms with E-state index in [0.717, 1.165) is 5.75 Å². The van der Waals surface area contributed by atoms with E-state index in [4.69, 9.17) is 19.6 Å². The number of aromatic nitrogens is 1. The zero-order valence-electron chi connectivity index (χ0n) is 19.6. The average Bonchev–Trinajstić information content (AvgIpc) is 3.25. The topological polar surface area (TPSA) is 108 Å². The summed E-state index contributed by atoms with van der Waals surface area (Å²) in [6.45, 7) is 6.58. The van der Waals surface area contributed by atoms with E-state index in [2.05, 4.69) is 4.98 Å². The number of rotatable bonds is 5. The summed E-state index contributed by atoms with van der Waals surface area (Å²) in [6.07, 6.45) is 0.984. The quantitative estimate of drug-likeness (QED) is 0.547. The summed E-state index contributed by atoms with van der Waals surface area (Å²) in [6, 6.07) is 16.7. The van der Waals surface area contributed by atoms with Gasteiger partial charge in [-0.05, 0) is 70.0 Å². The maximum Gasteiger partial charge on any atom is 0.410 e. The van der Waals surface area contributed by atoms with Crippen molar-refractivity contribution in [2.45, 2.75) is 45.1 Å². The molecule has 4 rings (SSSR count). The SMILES string of the molecule is CC(C)(C)OC(=O)N1CCC(c2nc(-c3ccc(Oc4ccccc4)cc3)c(C(N)=O)o2)CC1. The molecule has 34 heavy (non-hydrogen) atoms. The molecule has 1 aliphatic heterocycles. The number of hydrogen-bond acceptors (Lipinski definition) is 6. The third kappa shape index (κ3) is 5.57. The normalized spacial score (nSPS) is 14.6. The number of likely N-dealkylation sites (tertiary alicyclic amines) is 1. The molecule has 0 saturated carbocycles. The lowest BCUT2D eigenvalue weighted by Gasteiger charge is -2.32. The fourth-order valence-corrected chi connectivity index (χ4v) is 3.81. The second-order valence-corrected chi connectivity index (χ2v) is 9.28. The number of nitrogens with zero attached hydrogens (tertiary/aromatic N) is 2. The molecule has 2 heterocycles. The first-order chi connectivity index (χ1) is 16.2. The molecule has 178 valence electrons. The maximum atomic E-state index is 12.3. The molecule has 8 nitrogen and oxygen atoms in total. The minimum Gasteiger partial charge on any atom is -0.457 e. The van der Waals surface area contributed by atoms with Crippen LogP contribution in [0.1, 0.15) is 56.0 Å². The molecule has 1 saturated heterocycles. The fourth-order valence-electron chi connectivity index (χ4n) is 3.81. The van der Waals surface area contributed by atoms with Crippen LogP contribution in [0, 0.1) is 0 Å². The van der Waals surface area contributed by atoms with Crippen molar-refractivity contribution in [1.29, 1.82) is 0 Å². The molecular weight excluding hydrogens is 434 g/mol. The lowest BCUT2D eigenvalue weighted by molar-refractivity contribution is 0.0199. The van der Waals surface area contributed by atoms with Crippen LogP contribution in [0.5, 0.6) is 11.5 Å². The van der Waals surface area contributed by atoms with E-state index in [1.807, 2.05) is 63.2 Å². The minimum atomic E-state index is -0.676. The van der Waals surface area contributed by atoms with Crippen LogP contribution >= 0.6 is 0 Å². The number of primary amides is 1. The molecule has 0 spiro atoms. The van der Waals surface area contributed by atoms with Crippen LogP contribution in [0.2, 0.25) is 0 Å². The lowest BCUT2D eigenvalue weighted by atomic mass is 9.97. The summed E-state index contributed by atoms with van der Waals surface area (Å²) in [7, 11) is 0. The van der Waals surface area contributed by atoms with Gasteiger partial charge in [0.1, 0.15) is 22.8 Å². The van der Waals surface area contributed by atoms with Gasteiger partial charge >= 0.3 is 6.09 Å². The van der Waals surface area contributed by atoms with Crippen molar-refractivity contribution in [3.63, 3.8) is 0 Å². The Labute approximate surface area is 198 Å². The number of amides is 2. The molecule has 1 aliphatic rings. The van der Waals surface area contributed by atoms with E-state index in [9.17, 15) is 9.59 Å². The van der Waals surface area contributed by atoms with E-state index >= 15 is 0 Å². The van der Waals surface area contributed by atoms with E-state index < -0.39 is 11.5 Å². The van der Waals surface area contributed by atoms with E-state index in [1.54, 1.807) is 17.0 Å². The number of piperidine rings is 1. The number of ether oxygens (including phenoxy) is 2. The number of carbonyl (C=O) groups excluding carboxylic acids is 2. The second-order valence-electron chi connectivity index (χ2n) is 9.28. The molecule has 1 aromatic heterocycles. The predicted molar refractivity (Wildman–Crippen MR) is 127 cm³/mol. The van der Waals surface area contributed by atoms with Gasteiger partial charge in [0.15, 0.2) is 5.89 Å². The Morgan fingerprint density at radius 3 is 2.21 bits per heavy atom. The van der Waals surface area contributed by atoms with Crippen LogP contribution in [0.3, 0.4) is 0 Å². The van der Waals surface area contributed by atoms with Crippen LogP contribution in [-0.2, 0) is 4.74 Å². The molecule has 0 atom stereocenters. The van der Waals surface area contributed by atoms with Crippen molar-refractivity contribution in [3.8, 4) is 22.8 Å². The van der Waals surface area contributed by atoms with Gasteiger partial charge in [-0.1, -0.05) is 18.2 Å². The molecular formula is C26H29N3O5. The van der Waals surface area contributed by atoms with Crippen molar-refractivity contribution < 1.29 is 23.5 Å². The maximum absolute atomic E-state index is 12.3. The van der Waals surface area contributed by atoms with Gasteiger partial charge < -0.3 is 24.5 Å². The standard InChI is InChI=1S/C26H29N3O5/c1-26(2,3)34-25(31)29-15-13-18(14-16-29)24-28-21(22(33-24)23(27)30)17-9-11-20(12-10-17)32-19-7-5-4-6-8-19/h4-12,18H,13-16H2,1-3H3,(H2,27,30). The zero-order valence-corrected chi connectivity index (χ0v) is 19.6. The Hall–Kier alpha value is -3.81. The Kier molecular flexibility index (Phi) is 6.58. The third-order valence-corrected chi connectivity index (χ3v) is 5.47. The summed E-state index contributed by atoms with van der Waals surface area (Å²) in [5.41, 5.74) is 6.15. The van der Waals surface area contributed by atoms with Gasteiger partial charge in [-0.3, -0.25) is 4.79 Å². The molecule has 1 fully saturated rings. The Morgan fingerprint density at radius 1 is 1.00 bits per heavy atom. The van der Waals surface area contributed by atoms with Gasteiger partial charge in [-0.2, -0.15) is 0 Å². The average molecular weight is 464 g/mol. The molecule has 0 radical (unpaired) electrons. The fraction of sp³-hybridized carbons (Fsp3) is 0.346. The van der Waals surface area contributed by atoms with Crippen molar-refractivity contribution in [1.82, 2.24) is 9.88 Å². The predicted octanol–water partition coefficient (Wildman–Crippen LogP) is 5.35. The number of benzene rings is 2. The van der Waals surface area contributed by atoms with Crippen molar-refractivity contribution in [3.05, 3.63) is 66.2 Å². The number of para-hydroxylation sites is 1. The van der Waals surface area contributed by atoms with Gasteiger partial charge in [0.05, 0.1) is 0 Å². The van der Waals surface area contributed by atoms with E-state index in [1.165, 1.54) is 0 Å². The molecule has 2 amide bonds. The van der Waals surface area contributed by atoms with Gasteiger partial charge in [0, 0.05) is 24.6 Å². The van der Waals surface area contributed by atoms with Gasteiger partial charge in [-0.25, -0.2) is 9.78 Å². The number of nitrogens with two attached hydrogens (primary N) is 1. The van der Waals surface area contributed by atoms with Crippen LogP contribution in [0.15, 0.2) is 59.0 Å². The lowest BCUT2D eigenvalue weighted by Crippen LogP contribution is -2.41. The Bertz CT molecular complexity index is 1140.